The van der Waals surface area contributed by atoms with Crippen molar-refractivity contribution in [1.29, 1.82) is 0 Å². The molecule has 3 nitrogen and oxygen atoms in total. The highest BCUT2D eigenvalue weighted by Crippen LogP contribution is 2.26. The summed E-state index contributed by atoms with van der Waals surface area (Å²) in [6, 6.07) is 19.1. The molecule has 0 spiro atoms. The minimum atomic E-state index is -0.531. The van der Waals surface area contributed by atoms with Crippen molar-refractivity contribution in [3.05, 3.63) is 94.6 Å². The summed E-state index contributed by atoms with van der Waals surface area (Å²) in [5.74, 6) is -0.0513. The second-order valence-corrected chi connectivity index (χ2v) is 9.42. The molecule has 1 aliphatic carbocycles. The molecule has 178 valence electrons. The maximum Gasteiger partial charge on any atom is 0.149 e. The van der Waals surface area contributed by atoms with Crippen molar-refractivity contribution in [2.75, 3.05) is 37.6 Å². The fourth-order valence-electron chi connectivity index (χ4n) is 5.01. The van der Waals surface area contributed by atoms with Crippen LogP contribution in [0.1, 0.15) is 35.1 Å². The summed E-state index contributed by atoms with van der Waals surface area (Å²) >= 11 is 0. The molecule has 3 aromatic carbocycles. The van der Waals surface area contributed by atoms with E-state index in [1.165, 1.54) is 60.1 Å². The van der Waals surface area contributed by atoms with Crippen LogP contribution in [0.3, 0.4) is 0 Å². The van der Waals surface area contributed by atoms with Gasteiger partial charge in [0.2, 0.25) is 0 Å². The number of benzene rings is 3. The molecule has 34 heavy (non-hydrogen) atoms. The van der Waals surface area contributed by atoms with E-state index in [-0.39, 0.29) is 0 Å². The van der Waals surface area contributed by atoms with Gasteiger partial charge in [-0.3, -0.25) is 4.90 Å². The third kappa shape index (κ3) is 5.58. The number of hydrogen-bond acceptors (Lipinski definition) is 3. The van der Waals surface area contributed by atoms with Crippen LogP contribution in [0, 0.1) is 11.6 Å². The van der Waals surface area contributed by atoms with Crippen molar-refractivity contribution in [3.8, 4) is 5.75 Å². The van der Waals surface area contributed by atoms with E-state index in [9.17, 15) is 8.78 Å². The Morgan fingerprint density at radius 3 is 2.24 bits per heavy atom. The van der Waals surface area contributed by atoms with Crippen molar-refractivity contribution in [2.24, 2.45) is 0 Å². The van der Waals surface area contributed by atoms with E-state index in [1.54, 1.807) is 0 Å². The summed E-state index contributed by atoms with van der Waals surface area (Å²) < 4.78 is 33.3. The molecule has 0 bridgehead atoms. The van der Waals surface area contributed by atoms with E-state index in [0.29, 0.717) is 12.3 Å². The molecule has 0 atom stereocenters. The summed E-state index contributed by atoms with van der Waals surface area (Å²) in [7, 11) is 0. The fourth-order valence-corrected chi connectivity index (χ4v) is 5.01. The third-order valence-corrected chi connectivity index (χ3v) is 7.09. The Hall–Kier alpha value is -2.92. The molecule has 5 heteroatoms. The van der Waals surface area contributed by atoms with Gasteiger partial charge in [0, 0.05) is 38.8 Å². The zero-order chi connectivity index (χ0) is 23.3. The normalized spacial score (nSPS) is 16.4. The average molecular weight is 463 g/mol. The average Bonchev–Trinajstić information content (AvgIpc) is 2.87. The van der Waals surface area contributed by atoms with Gasteiger partial charge in [0.15, 0.2) is 0 Å². The van der Waals surface area contributed by atoms with Gasteiger partial charge >= 0.3 is 0 Å². The van der Waals surface area contributed by atoms with Crippen LogP contribution < -0.4 is 9.64 Å². The first kappa shape index (κ1) is 22.9. The Morgan fingerprint density at radius 1 is 0.735 bits per heavy atom. The highest BCUT2D eigenvalue weighted by molar-refractivity contribution is 5.48. The zero-order valence-electron chi connectivity index (χ0n) is 19.6. The van der Waals surface area contributed by atoms with Crippen LogP contribution in [0.2, 0.25) is 0 Å². The van der Waals surface area contributed by atoms with E-state index < -0.39 is 11.6 Å². The Bertz CT molecular complexity index is 1110. The number of anilines is 1. The molecule has 0 saturated carbocycles. The quantitative estimate of drug-likeness (QED) is 0.442. The number of ether oxygens (including phenoxy) is 1. The molecule has 2 aliphatic rings. The lowest BCUT2D eigenvalue weighted by Crippen LogP contribution is -2.47. The van der Waals surface area contributed by atoms with Gasteiger partial charge in [-0.2, -0.15) is 0 Å². The lowest BCUT2D eigenvalue weighted by molar-refractivity contribution is 0.260. The van der Waals surface area contributed by atoms with Gasteiger partial charge in [0.1, 0.15) is 24.0 Å². The van der Waals surface area contributed by atoms with E-state index in [4.69, 9.17) is 4.74 Å². The van der Waals surface area contributed by atoms with Crippen LogP contribution in [-0.4, -0.2) is 37.6 Å². The molecule has 1 heterocycles. The molecular formula is C29H32F2N2O. The predicted molar refractivity (Wildman–Crippen MR) is 133 cm³/mol. The number of rotatable bonds is 7. The largest absolute Gasteiger partial charge is 0.489 e. The van der Waals surface area contributed by atoms with E-state index in [1.807, 2.05) is 4.90 Å². The van der Waals surface area contributed by atoms with Crippen LogP contribution in [0.5, 0.6) is 5.75 Å². The maximum absolute atomic E-state index is 14.0. The van der Waals surface area contributed by atoms with Crippen molar-refractivity contribution >= 4 is 5.69 Å². The topological polar surface area (TPSA) is 15.7 Å². The predicted octanol–water partition coefficient (Wildman–Crippen LogP) is 5.79. The molecule has 1 aliphatic heterocycles. The standard InChI is InChI=1S/C29H32F2N2O/c30-26-10-12-29(28(31)20-26)33-17-15-32(16-18-33)14-13-22-5-7-23(8-6-22)21-34-27-11-9-24-3-1-2-4-25(24)19-27/h5-12,19-20H,1-4,13-18,21H2. The first-order chi connectivity index (χ1) is 16.6. The van der Waals surface area contributed by atoms with Crippen LogP contribution in [-0.2, 0) is 25.9 Å². The fraction of sp³-hybridized carbons (Fsp3) is 0.379. The molecule has 1 fully saturated rings. The molecule has 1 saturated heterocycles. The highest BCUT2D eigenvalue weighted by Gasteiger charge is 2.19. The van der Waals surface area contributed by atoms with Crippen LogP contribution in [0.15, 0.2) is 60.7 Å². The number of fused-ring (bicyclic) bond motifs is 1. The lowest BCUT2D eigenvalue weighted by atomic mass is 9.92. The first-order valence-electron chi connectivity index (χ1n) is 12.4. The SMILES string of the molecule is Fc1ccc(N2CCN(CCc3ccc(COc4ccc5c(c4)CCCC5)cc3)CC2)c(F)c1. The smallest absolute Gasteiger partial charge is 0.149 e. The number of hydrogen-bond donors (Lipinski definition) is 0. The monoisotopic (exact) mass is 462 g/mol. The van der Waals surface area contributed by atoms with Crippen molar-refractivity contribution < 1.29 is 13.5 Å². The van der Waals surface area contributed by atoms with Crippen molar-refractivity contribution in [3.63, 3.8) is 0 Å². The molecule has 0 radical (unpaired) electrons. The minimum Gasteiger partial charge on any atom is -0.489 e. The number of nitrogens with zero attached hydrogens (tertiary/aromatic N) is 2. The van der Waals surface area contributed by atoms with Gasteiger partial charge in [0.25, 0.3) is 0 Å². The van der Waals surface area contributed by atoms with Gasteiger partial charge in [-0.15, -0.1) is 0 Å². The van der Waals surface area contributed by atoms with Gasteiger partial charge in [-0.1, -0.05) is 30.3 Å². The number of aryl methyl sites for hydroxylation is 2. The molecule has 0 aromatic heterocycles. The Morgan fingerprint density at radius 2 is 1.47 bits per heavy atom. The van der Waals surface area contributed by atoms with Gasteiger partial charge in [-0.25, -0.2) is 8.78 Å². The Kier molecular flexibility index (Phi) is 7.10. The van der Waals surface area contributed by atoms with E-state index in [2.05, 4.69) is 47.4 Å². The van der Waals surface area contributed by atoms with Crippen LogP contribution >= 0.6 is 0 Å². The van der Waals surface area contributed by atoms with Crippen LogP contribution in [0.25, 0.3) is 0 Å². The van der Waals surface area contributed by atoms with E-state index in [0.717, 1.165) is 51.0 Å². The summed E-state index contributed by atoms with van der Waals surface area (Å²) in [5.41, 5.74) is 5.91. The van der Waals surface area contributed by atoms with Crippen LogP contribution in [0.4, 0.5) is 14.5 Å². The molecule has 5 rings (SSSR count). The molecule has 0 N–H and O–H groups in total. The maximum atomic E-state index is 14.0. The Balaban J connectivity index is 1.07. The molecule has 0 amide bonds. The summed E-state index contributed by atoms with van der Waals surface area (Å²) in [6.45, 7) is 4.82. The summed E-state index contributed by atoms with van der Waals surface area (Å²) in [6.07, 6.45) is 5.92. The summed E-state index contributed by atoms with van der Waals surface area (Å²) in [4.78, 5) is 4.41. The van der Waals surface area contributed by atoms with Gasteiger partial charge in [-0.05, 0) is 78.6 Å². The second kappa shape index (κ2) is 10.6. The number of halogens is 2. The summed E-state index contributed by atoms with van der Waals surface area (Å²) in [5, 5.41) is 0. The van der Waals surface area contributed by atoms with Crippen molar-refractivity contribution in [1.82, 2.24) is 4.90 Å². The first-order valence-corrected chi connectivity index (χ1v) is 12.4. The zero-order valence-corrected chi connectivity index (χ0v) is 19.6. The van der Waals surface area contributed by atoms with Gasteiger partial charge in [0.05, 0.1) is 5.69 Å². The van der Waals surface area contributed by atoms with Gasteiger partial charge < -0.3 is 9.64 Å². The molecule has 3 aromatic rings. The minimum absolute atomic E-state index is 0.482. The second-order valence-electron chi connectivity index (χ2n) is 9.42. The van der Waals surface area contributed by atoms with E-state index >= 15 is 0 Å². The molecular weight excluding hydrogens is 430 g/mol. The molecule has 0 unspecified atom stereocenters. The Labute approximate surface area is 201 Å². The highest BCUT2D eigenvalue weighted by atomic mass is 19.1. The number of piperazine rings is 1. The van der Waals surface area contributed by atoms with Crippen molar-refractivity contribution in [2.45, 2.75) is 38.7 Å². The lowest BCUT2D eigenvalue weighted by Gasteiger charge is -2.36. The third-order valence-electron chi connectivity index (χ3n) is 7.09.